The van der Waals surface area contributed by atoms with Crippen molar-refractivity contribution in [3.63, 3.8) is 0 Å². The fraction of sp³-hybridized carbons (Fsp3) is 0.857. The summed E-state index contributed by atoms with van der Waals surface area (Å²) in [4.78, 5) is 4.54. The van der Waals surface area contributed by atoms with Crippen molar-refractivity contribution in [1.82, 2.24) is 15.5 Å². The van der Waals surface area contributed by atoms with Gasteiger partial charge in [0.1, 0.15) is 5.60 Å². The fourth-order valence-electron chi connectivity index (χ4n) is 3.21. The third kappa shape index (κ3) is 2.47. The maximum atomic E-state index is 9.57. The van der Waals surface area contributed by atoms with E-state index in [9.17, 15) is 5.11 Å². The number of aromatic nitrogens is 2. The quantitative estimate of drug-likeness (QED) is 0.874. The van der Waals surface area contributed by atoms with Crippen molar-refractivity contribution < 1.29 is 14.4 Å². The standard InChI is InChI=1S/C14H23N3O3/c1-9-3-5-14(19-2,6-4-9)13-16-12(20-17-13)11-7-10(18)8-15-11/h9-11,15,18H,3-8H2,1-2H3/t9?,10-,11-,14?/m0/s1. The molecule has 6 nitrogen and oxygen atoms in total. The Kier molecular flexibility index (Phi) is 3.79. The van der Waals surface area contributed by atoms with Gasteiger partial charge in [-0.2, -0.15) is 4.98 Å². The number of hydrogen-bond donors (Lipinski definition) is 2. The van der Waals surface area contributed by atoms with Crippen molar-refractivity contribution in [1.29, 1.82) is 0 Å². The number of methoxy groups -OCH3 is 1. The first-order chi connectivity index (χ1) is 9.63. The molecule has 0 amide bonds. The molecule has 2 heterocycles. The van der Waals surface area contributed by atoms with Gasteiger partial charge in [-0.3, -0.25) is 0 Å². The minimum absolute atomic E-state index is 0.0392. The van der Waals surface area contributed by atoms with E-state index in [1.165, 1.54) is 0 Å². The van der Waals surface area contributed by atoms with Crippen molar-refractivity contribution in [2.75, 3.05) is 13.7 Å². The first-order valence-electron chi connectivity index (χ1n) is 7.43. The van der Waals surface area contributed by atoms with Crippen LogP contribution in [-0.4, -0.2) is 35.0 Å². The summed E-state index contributed by atoms with van der Waals surface area (Å²) >= 11 is 0. The van der Waals surface area contributed by atoms with E-state index in [0.29, 0.717) is 24.7 Å². The van der Waals surface area contributed by atoms with Crippen molar-refractivity contribution in [2.24, 2.45) is 5.92 Å². The molecule has 1 saturated carbocycles. The second kappa shape index (κ2) is 5.42. The molecule has 2 aliphatic rings. The highest BCUT2D eigenvalue weighted by Crippen LogP contribution is 2.41. The molecule has 1 aromatic heterocycles. The van der Waals surface area contributed by atoms with E-state index in [0.717, 1.165) is 31.6 Å². The summed E-state index contributed by atoms with van der Waals surface area (Å²) in [6, 6.07) is -0.0392. The molecule has 0 unspecified atom stereocenters. The molecule has 112 valence electrons. The monoisotopic (exact) mass is 281 g/mol. The minimum Gasteiger partial charge on any atom is -0.392 e. The molecular formula is C14H23N3O3. The maximum absolute atomic E-state index is 9.57. The van der Waals surface area contributed by atoms with Gasteiger partial charge in [-0.1, -0.05) is 12.1 Å². The van der Waals surface area contributed by atoms with Gasteiger partial charge >= 0.3 is 0 Å². The van der Waals surface area contributed by atoms with Crippen LogP contribution >= 0.6 is 0 Å². The van der Waals surface area contributed by atoms with Gasteiger partial charge in [-0.25, -0.2) is 0 Å². The van der Waals surface area contributed by atoms with Crippen LogP contribution in [0.5, 0.6) is 0 Å². The fourth-order valence-corrected chi connectivity index (χ4v) is 3.21. The number of ether oxygens (including phenoxy) is 1. The van der Waals surface area contributed by atoms with Gasteiger partial charge in [-0.15, -0.1) is 0 Å². The molecule has 0 aromatic carbocycles. The Morgan fingerprint density at radius 3 is 2.75 bits per heavy atom. The van der Waals surface area contributed by atoms with E-state index in [1.54, 1.807) is 7.11 Å². The highest BCUT2D eigenvalue weighted by Gasteiger charge is 2.41. The Balaban J connectivity index is 1.78. The molecule has 3 rings (SSSR count). The molecule has 1 saturated heterocycles. The van der Waals surface area contributed by atoms with Crippen LogP contribution in [-0.2, 0) is 10.3 Å². The van der Waals surface area contributed by atoms with E-state index in [-0.39, 0.29) is 12.1 Å². The van der Waals surface area contributed by atoms with Crippen LogP contribution in [0.4, 0.5) is 0 Å². The lowest BCUT2D eigenvalue weighted by atomic mass is 9.79. The molecule has 2 atom stereocenters. The van der Waals surface area contributed by atoms with Crippen LogP contribution in [0.1, 0.15) is 56.8 Å². The zero-order valence-corrected chi connectivity index (χ0v) is 12.1. The van der Waals surface area contributed by atoms with Gasteiger partial charge in [0, 0.05) is 13.7 Å². The average Bonchev–Trinajstić information content (AvgIpc) is 3.09. The Hall–Kier alpha value is -0.980. The lowest BCUT2D eigenvalue weighted by Crippen LogP contribution is -2.34. The van der Waals surface area contributed by atoms with Gasteiger partial charge in [0.15, 0.2) is 0 Å². The number of aliphatic hydroxyl groups is 1. The van der Waals surface area contributed by atoms with Crippen LogP contribution in [0.25, 0.3) is 0 Å². The zero-order chi connectivity index (χ0) is 14.2. The summed E-state index contributed by atoms with van der Waals surface area (Å²) in [5.74, 6) is 1.95. The predicted molar refractivity (Wildman–Crippen MR) is 72.0 cm³/mol. The number of β-amino-alcohol motifs (C(OH)–C–C–N with tert-alkyl or cyclic N) is 1. The van der Waals surface area contributed by atoms with Gasteiger partial charge < -0.3 is 19.7 Å². The van der Waals surface area contributed by atoms with Crippen molar-refractivity contribution in [3.05, 3.63) is 11.7 Å². The van der Waals surface area contributed by atoms with Crippen LogP contribution in [0.3, 0.4) is 0 Å². The molecule has 0 radical (unpaired) electrons. The SMILES string of the molecule is COC1(c2noc([C@@H]3C[C@H](O)CN3)n2)CCC(C)CC1. The van der Waals surface area contributed by atoms with Gasteiger partial charge in [0.2, 0.25) is 11.7 Å². The van der Waals surface area contributed by atoms with E-state index in [1.807, 2.05) is 0 Å². The summed E-state index contributed by atoms with van der Waals surface area (Å²) in [5.41, 5.74) is -0.397. The largest absolute Gasteiger partial charge is 0.392 e. The number of hydrogen-bond acceptors (Lipinski definition) is 6. The second-order valence-electron chi connectivity index (χ2n) is 6.19. The van der Waals surface area contributed by atoms with Crippen LogP contribution in [0, 0.1) is 5.92 Å². The highest BCUT2D eigenvalue weighted by atomic mass is 16.5. The summed E-state index contributed by atoms with van der Waals surface area (Å²) in [6.07, 6.45) is 4.41. The predicted octanol–water partition coefficient (Wildman–Crippen LogP) is 1.52. The summed E-state index contributed by atoms with van der Waals surface area (Å²) in [6.45, 7) is 2.85. The number of rotatable bonds is 3. The molecule has 1 aliphatic carbocycles. The summed E-state index contributed by atoms with van der Waals surface area (Å²) in [5, 5.41) is 16.9. The number of aliphatic hydroxyl groups excluding tert-OH is 1. The van der Waals surface area contributed by atoms with Crippen LogP contribution < -0.4 is 5.32 Å². The smallest absolute Gasteiger partial charge is 0.243 e. The second-order valence-corrected chi connectivity index (χ2v) is 6.19. The average molecular weight is 281 g/mol. The molecule has 0 spiro atoms. The van der Waals surface area contributed by atoms with E-state index in [2.05, 4.69) is 22.4 Å². The van der Waals surface area contributed by atoms with Crippen molar-refractivity contribution >= 4 is 0 Å². The Labute approximate surface area is 118 Å². The minimum atomic E-state index is -0.397. The topological polar surface area (TPSA) is 80.4 Å². The normalized spacial score (nSPS) is 38.2. The van der Waals surface area contributed by atoms with Crippen molar-refractivity contribution in [3.8, 4) is 0 Å². The molecule has 6 heteroatoms. The Morgan fingerprint density at radius 2 is 2.15 bits per heavy atom. The van der Waals surface area contributed by atoms with E-state index >= 15 is 0 Å². The summed E-state index contributed by atoms with van der Waals surface area (Å²) in [7, 11) is 1.73. The molecule has 1 aliphatic heterocycles. The number of nitrogens with zero attached hydrogens (tertiary/aromatic N) is 2. The molecule has 0 bridgehead atoms. The molecule has 2 fully saturated rings. The van der Waals surface area contributed by atoms with E-state index < -0.39 is 5.60 Å². The molecular weight excluding hydrogens is 258 g/mol. The summed E-state index contributed by atoms with van der Waals surface area (Å²) < 4.78 is 11.1. The van der Waals surface area contributed by atoms with Crippen LogP contribution in [0.2, 0.25) is 0 Å². The molecule has 1 aromatic rings. The van der Waals surface area contributed by atoms with E-state index in [4.69, 9.17) is 9.26 Å². The zero-order valence-electron chi connectivity index (χ0n) is 12.1. The van der Waals surface area contributed by atoms with Crippen molar-refractivity contribution in [2.45, 2.75) is 56.8 Å². The Morgan fingerprint density at radius 1 is 1.40 bits per heavy atom. The third-order valence-electron chi connectivity index (χ3n) is 4.73. The maximum Gasteiger partial charge on any atom is 0.243 e. The number of nitrogens with one attached hydrogen (secondary N) is 1. The first kappa shape index (κ1) is 14.0. The van der Waals surface area contributed by atoms with Crippen LogP contribution in [0.15, 0.2) is 4.52 Å². The molecule has 2 N–H and O–H groups in total. The lowest BCUT2D eigenvalue weighted by Gasteiger charge is -2.35. The Bertz CT molecular complexity index is 454. The lowest BCUT2D eigenvalue weighted by molar-refractivity contribution is -0.0609. The van der Waals surface area contributed by atoms with Gasteiger partial charge in [0.25, 0.3) is 0 Å². The highest BCUT2D eigenvalue weighted by molar-refractivity contribution is 5.06. The van der Waals surface area contributed by atoms with Gasteiger partial charge in [-0.05, 0) is 38.0 Å². The molecule has 20 heavy (non-hydrogen) atoms. The van der Waals surface area contributed by atoms with Gasteiger partial charge in [0.05, 0.1) is 12.1 Å². The third-order valence-corrected chi connectivity index (χ3v) is 4.73. The first-order valence-corrected chi connectivity index (χ1v) is 7.43.